The molecule has 1 heterocycles. The van der Waals surface area contributed by atoms with E-state index in [1.165, 1.54) is 0 Å². The standard InChI is InChI=1S/C13H22N2O2/c1-4-15(5-2)6-7-17-13-9-12(10-16)8-11(3)14-13/h8-9,16H,4-7,10H2,1-3H3. The molecule has 0 unspecified atom stereocenters. The minimum absolute atomic E-state index is 0.0236. The summed E-state index contributed by atoms with van der Waals surface area (Å²) in [5.41, 5.74) is 1.71. The fraction of sp³-hybridized carbons (Fsp3) is 0.615. The number of pyridine rings is 1. The minimum atomic E-state index is 0.0236. The zero-order valence-electron chi connectivity index (χ0n) is 10.9. The predicted octanol–water partition coefficient (Wildman–Crippen LogP) is 1.60. The molecule has 0 radical (unpaired) electrons. The van der Waals surface area contributed by atoms with Gasteiger partial charge in [-0.3, -0.25) is 0 Å². The molecule has 4 heteroatoms. The molecule has 0 fully saturated rings. The molecule has 1 aromatic rings. The Morgan fingerprint density at radius 2 is 2.00 bits per heavy atom. The molecule has 4 nitrogen and oxygen atoms in total. The number of likely N-dealkylation sites (N-methyl/N-ethyl adjacent to an activating group) is 1. The highest BCUT2D eigenvalue weighted by Gasteiger charge is 2.02. The second kappa shape index (κ2) is 7.25. The Morgan fingerprint density at radius 3 is 2.59 bits per heavy atom. The summed E-state index contributed by atoms with van der Waals surface area (Å²) in [5.74, 6) is 0.598. The van der Waals surface area contributed by atoms with Crippen molar-refractivity contribution in [3.05, 3.63) is 23.4 Å². The van der Waals surface area contributed by atoms with Crippen LogP contribution in [0.5, 0.6) is 5.88 Å². The van der Waals surface area contributed by atoms with Crippen LogP contribution in [0, 0.1) is 6.92 Å². The van der Waals surface area contributed by atoms with Crippen molar-refractivity contribution in [2.24, 2.45) is 0 Å². The number of hydrogen-bond donors (Lipinski definition) is 1. The van der Waals surface area contributed by atoms with Crippen LogP contribution in [-0.4, -0.2) is 41.2 Å². The lowest BCUT2D eigenvalue weighted by molar-refractivity contribution is 0.217. The SMILES string of the molecule is CCN(CC)CCOc1cc(CO)cc(C)n1. The van der Waals surface area contributed by atoms with Gasteiger partial charge in [-0.25, -0.2) is 4.98 Å². The van der Waals surface area contributed by atoms with Crippen molar-refractivity contribution in [1.82, 2.24) is 9.88 Å². The van der Waals surface area contributed by atoms with Crippen molar-refractivity contribution in [3.8, 4) is 5.88 Å². The molecule has 96 valence electrons. The topological polar surface area (TPSA) is 45.6 Å². The van der Waals surface area contributed by atoms with Crippen molar-refractivity contribution < 1.29 is 9.84 Å². The van der Waals surface area contributed by atoms with E-state index in [1.807, 2.05) is 13.0 Å². The first kappa shape index (κ1) is 13.9. The van der Waals surface area contributed by atoms with Crippen LogP contribution in [0.4, 0.5) is 0 Å². The van der Waals surface area contributed by atoms with Crippen molar-refractivity contribution in [2.45, 2.75) is 27.4 Å². The Morgan fingerprint density at radius 1 is 1.29 bits per heavy atom. The summed E-state index contributed by atoms with van der Waals surface area (Å²) in [4.78, 5) is 6.57. The molecule has 0 bridgehead atoms. The summed E-state index contributed by atoms with van der Waals surface area (Å²) in [6.45, 7) is 9.79. The normalized spacial score (nSPS) is 10.9. The van der Waals surface area contributed by atoms with Crippen molar-refractivity contribution in [1.29, 1.82) is 0 Å². The van der Waals surface area contributed by atoms with Gasteiger partial charge in [-0.1, -0.05) is 13.8 Å². The molecule has 0 atom stereocenters. The molecule has 0 amide bonds. The van der Waals surface area contributed by atoms with Gasteiger partial charge in [-0.2, -0.15) is 0 Å². The van der Waals surface area contributed by atoms with Crippen molar-refractivity contribution >= 4 is 0 Å². The molecular weight excluding hydrogens is 216 g/mol. The zero-order valence-corrected chi connectivity index (χ0v) is 10.9. The molecule has 0 aliphatic carbocycles. The van der Waals surface area contributed by atoms with Gasteiger partial charge in [0.2, 0.25) is 5.88 Å². The molecule has 0 aliphatic heterocycles. The number of nitrogens with zero attached hydrogens (tertiary/aromatic N) is 2. The number of ether oxygens (including phenoxy) is 1. The van der Waals surface area contributed by atoms with Crippen LogP contribution in [0.3, 0.4) is 0 Å². The maximum atomic E-state index is 9.08. The van der Waals surface area contributed by atoms with E-state index in [0.29, 0.717) is 12.5 Å². The summed E-state index contributed by atoms with van der Waals surface area (Å²) in [5, 5.41) is 9.08. The van der Waals surface area contributed by atoms with E-state index in [4.69, 9.17) is 9.84 Å². The molecule has 1 aromatic heterocycles. The summed E-state index contributed by atoms with van der Waals surface area (Å²) < 4.78 is 5.60. The van der Waals surface area contributed by atoms with Gasteiger partial charge in [0.05, 0.1) is 6.61 Å². The third-order valence-electron chi connectivity index (χ3n) is 2.72. The Bertz CT molecular complexity index is 338. The van der Waals surface area contributed by atoms with Crippen LogP contribution in [0.25, 0.3) is 0 Å². The van der Waals surface area contributed by atoms with Crippen LogP contribution in [0.2, 0.25) is 0 Å². The van der Waals surface area contributed by atoms with Gasteiger partial charge in [0.25, 0.3) is 0 Å². The van der Waals surface area contributed by atoms with E-state index in [9.17, 15) is 0 Å². The average Bonchev–Trinajstić information content (AvgIpc) is 2.34. The maximum absolute atomic E-state index is 9.08. The number of hydrogen-bond acceptors (Lipinski definition) is 4. The first-order chi connectivity index (χ1) is 8.19. The Hall–Kier alpha value is -1.13. The summed E-state index contributed by atoms with van der Waals surface area (Å²) in [6.07, 6.45) is 0. The average molecular weight is 238 g/mol. The molecule has 1 rings (SSSR count). The van der Waals surface area contributed by atoms with Gasteiger partial charge in [0.1, 0.15) is 6.61 Å². The number of aromatic nitrogens is 1. The summed E-state index contributed by atoms with van der Waals surface area (Å²) in [6, 6.07) is 3.65. The van der Waals surface area contributed by atoms with E-state index in [-0.39, 0.29) is 6.61 Å². The van der Waals surface area contributed by atoms with Gasteiger partial charge < -0.3 is 14.7 Å². The molecule has 0 saturated carbocycles. The molecule has 0 aliphatic rings. The molecular formula is C13H22N2O2. The van der Waals surface area contributed by atoms with Crippen LogP contribution in [0.15, 0.2) is 12.1 Å². The van der Waals surface area contributed by atoms with Gasteiger partial charge in [-0.15, -0.1) is 0 Å². The maximum Gasteiger partial charge on any atom is 0.213 e. The molecule has 0 aromatic carbocycles. The van der Waals surface area contributed by atoms with E-state index in [2.05, 4.69) is 23.7 Å². The Kier molecular flexibility index (Phi) is 5.94. The molecule has 0 saturated heterocycles. The van der Waals surface area contributed by atoms with Crippen LogP contribution in [0.1, 0.15) is 25.1 Å². The number of aryl methyl sites for hydroxylation is 1. The Balaban J connectivity index is 2.48. The van der Waals surface area contributed by atoms with Crippen LogP contribution in [-0.2, 0) is 6.61 Å². The first-order valence-corrected chi connectivity index (χ1v) is 6.13. The van der Waals surface area contributed by atoms with E-state index in [1.54, 1.807) is 6.07 Å². The molecule has 17 heavy (non-hydrogen) atoms. The minimum Gasteiger partial charge on any atom is -0.476 e. The summed E-state index contributed by atoms with van der Waals surface area (Å²) >= 11 is 0. The van der Waals surface area contributed by atoms with E-state index >= 15 is 0 Å². The third kappa shape index (κ3) is 4.71. The third-order valence-corrected chi connectivity index (χ3v) is 2.72. The highest BCUT2D eigenvalue weighted by atomic mass is 16.5. The van der Waals surface area contributed by atoms with Crippen molar-refractivity contribution in [2.75, 3.05) is 26.2 Å². The largest absolute Gasteiger partial charge is 0.476 e. The quantitative estimate of drug-likeness (QED) is 0.784. The second-order valence-electron chi connectivity index (χ2n) is 3.99. The lowest BCUT2D eigenvalue weighted by Gasteiger charge is -2.17. The monoisotopic (exact) mass is 238 g/mol. The van der Waals surface area contributed by atoms with Gasteiger partial charge in [-0.05, 0) is 31.6 Å². The highest BCUT2D eigenvalue weighted by Crippen LogP contribution is 2.12. The molecule has 1 N–H and O–H groups in total. The van der Waals surface area contributed by atoms with Gasteiger partial charge in [0.15, 0.2) is 0 Å². The smallest absolute Gasteiger partial charge is 0.213 e. The number of aliphatic hydroxyl groups is 1. The van der Waals surface area contributed by atoms with E-state index in [0.717, 1.165) is 30.9 Å². The predicted molar refractivity (Wildman–Crippen MR) is 68.2 cm³/mol. The Labute approximate surface area is 103 Å². The lowest BCUT2D eigenvalue weighted by Crippen LogP contribution is -2.28. The van der Waals surface area contributed by atoms with Crippen molar-refractivity contribution in [3.63, 3.8) is 0 Å². The fourth-order valence-corrected chi connectivity index (χ4v) is 1.69. The van der Waals surface area contributed by atoms with Gasteiger partial charge >= 0.3 is 0 Å². The van der Waals surface area contributed by atoms with Gasteiger partial charge in [0, 0.05) is 18.3 Å². The molecule has 0 spiro atoms. The second-order valence-corrected chi connectivity index (χ2v) is 3.99. The number of rotatable bonds is 7. The first-order valence-electron chi connectivity index (χ1n) is 6.13. The lowest BCUT2D eigenvalue weighted by atomic mass is 10.2. The van der Waals surface area contributed by atoms with Crippen LogP contribution >= 0.6 is 0 Å². The van der Waals surface area contributed by atoms with Crippen LogP contribution < -0.4 is 4.74 Å². The van der Waals surface area contributed by atoms with E-state index < -0.39 is 0 Å². The number of aliphatic hydroxyl groups excluding tert-OH is 1. The zero-order chi connectivity index (χ0) is 12.7. The fourth-order valence-electron chi connectivity index (χ4n) is 1.69. The highest BCUT2D eigenvalue weighted by molar-refractivity contribution is 5.23. The summed E-state index contributed by atoms with van der Waals surface area (Å²) in [7, 11) is 0.